The third-order valence-corrected chi connectivity index (χ3v) is 5.41. The Morgan fingerprint density at radius 3 is 2.20 bits per heavy atom. The van der Waals surface area contributed by atoms with Gasteiger partial charge in [0, 0.05) is 0 Å². The molecule has 0 radical (unpaired) electrons. The maximum Gasteiger partial charge on any atom is 0.205 e. The van der Waals surface area contributed by atoms with Crippen molar-refractivity contribution in [3.63, 3.8) is 0 Å². The van der Waals surface area contributed by atoms with Gasteiger partial charge < -0.3 is 15.3 Å². The summed E-state index contributed by atoms with van der Waals surface area (Å²) in [5, 5.41) is 32.6. The van der Waals surface area contributed by atoms with Crippen molar-refractivity contribution in [2.24, 2.45) is 0 Å². The molecule has 2 aromatic carbocycles. The Kier molecular flexibility index (Phi) is 3.52. The molecule has 1 atom stereocenters. The highest BCUT2D eigenvalue weighted by Gasteiger charge is 2.54. The van der Waals surface area contributed by atoms with Gasteiger partial charge in [-0.3, -0.25) is 9.59 Å². The first kappa shape index (κ1) is 17.4. The van der Waals surface area contributed by atoms with E-state index in [1.165, 1.54) is 0 Å². The molecule has 0 fully saturated rings. The fraction of sp³-hybridized carbons (Fsp3) is 0.400. The quantitative estimate of drug-likeness (QED) is 0.693. The van der Waals surface area contributed by atoms with Crippen LogP contribution in [0.5, 0.6) is 11.5 Å². The van der Waals surface area contributed by atoms with E-state index in [0.717, 1.165) is 12.5 Å². The lowest BCUT2D eigenvalue weighted by molar-refractivity contribution is -0.137. The lowest BCUT2D eigenvalue weighted by Crippen LogP contribution is -2.56. The molecule has 0 saturated carbocycles. The molecule has 2 aromatic rings. The average Bonchev–Trinajstić information content (AvgIpc) is 2.51. The van der Waals surface area contributed by atoms with Crippen molar-refractivity contribution in [2.45, 2.75) is 52.1 Å². The van der Waals surface area contributed by atoms with Gasteiger partial charge in [-0.15, -0.1) is 0 Å². The minimum atomic E-state index is -2.21. The summed E-state index contributed by atoms with van der Waals surface area (Å²) in [6, 6.07) is 3.48. The Balaban J connectivity index is 2.53. The molecule has 0 aliphatic heterocycles. The number of rotatable bonds is 1. The third-order valence-electron chi connectivity index (χ3n) is 5.41. The van der Waals surface area contributed by atoms with Gasteiger partial charge in [0.05, 0.1) is 16.4 Å². The summed E-state index contributed by atoms with van der Waals surface area (Å²) in [4.78, 5) is 25.3. The molecular formula is C20H22O5. The van der Waals surface area contributed by atoms with E-state index < -0.39 is 22.6 Å². The number of aryl methyl sites for hydroxylation is 1. The summed E-state index contributed by atoms with van der Waals surface area (Å²) >= 11 is 0. The van der Waals surface area contributed by atoms with Gasteiger partial charge in [-0.05, 0) is 62.3 Å². The van der Waals surface area contributed by atoms with Crippen LogP contribution in [0.2, 0.25) is 0 Å². The number of aliphatic hydroxyl groups is 1. The molecule has 0 spiro atoms. The highest BCUT2D eigenvalue weighted by Crippen LogP contribution is 2.48. The zero-order valence-corrected chi connectivity index (χ0v) is 15.0. The molecule has 1 aliphatic rings. The third kappa shape index (κ3) is 2.05. The molecule has 132 valence electrons. The lowest BCUT2D eigenvalue weighted by atomic mass is 9.64. The summed E-state index contributed by atoms with van der Waals surface area (Å²) in [5.74, 6) is -1.91. The summed E-state index contributed by atoms with van der Waals surface area (Å²) in [6.45, 7) is 8.14. The smallest absolute Gasteiger partial charge is 0.205 e. The van der Waals surface area contributed by atoms with Crippen LogP contribution >= 0.6 is 0 Å². The predicted octanol–water partition coefficient (Wildman–Crippen LogP) is 2.92. The molecule has 3 N–H and O–H groups in total. The molecule has 0 unspecified atom stereocenters. The van der Waals surface area contributed by atoms with Gasteiger partial charge in [0.1, 0.15) is 11.5 Å². The van der Waals surface area contributed by atoms with Crippen molar-refractivity contribution in [3.05, 3.63) is 34.4 Å². The Morgan fingerprint density at radius 1 is 1.04 bits per heavy atom. The van der Waals surface area contributed by atoms with Gasteiger partial charge in [0.2, 0.25) is 5.78 Å². The maximum absolute atomic E-state index is 12.7. The Labute approximate surface area is 145 Å². The minimum Gasteiger partial charge on any atom is -0.507 e. The normalized spacial score (nSPS) is 22.3. The number of phenolic OH excluding ortho intramolecular Hbond substituents is 2. The van der Waals surface area contributed by atoms with E-state index in [1.54, 1.807) is 19.9 Å². The van der Waals surface area contributed by atoms with E-state index in [-0.39, 0.29) is 22.4 Å². The molecule has 5 heteroatoms. The van der Waals surface area contributed by atoms with Crippen LogP contribution in [0.4, 0.5) is 0 Å². The first-order chi connectivity index (χ1) is 11.5. The van der Waals surface area contributed by atoms with Crippen LogP contribution in [0, 0.1) is 6.92 Å². The maximum atomic E-state index is 12.7. The number of benzene rings is 2. The van der Waals surface area contributed by atoms with E-state index >= 15 is 0 Å². The monoisotopic (exact) mass is 342 g/mol. The second kappa shape index (κ2) is 5.05. The SMILES string of the molecule is CCc1c(C)cc2cc3c(c(O)c2c1O)C(=O)[C@](C)(O)C(=O)C3(C)C. The van der Waals surface area contributed by atoms with Gasteiger partial charge in [0.15, 0.2) is 11.4 Å². The number of carbonyl (C=O) groups is 2. The minimum absolute atomic E-state index is 0.0695. The fourth-order valence-electron chi connectivity index (χ4n) is 3.96. The number of aromatic hydroxyl groups is 2. The number of Topliss-reactive ketones (excluding diaryl/α,β-unsaturated/α-hetero) is 2. The number of hydrogen-bond donors (Lipinski definition) is 3. The first-order valence-electron chi connectivity index (χ1n) is 8.29. The van der Waals surface area contributed by atoms with Crippen molar-refractivity contribution in [2.75, 3.05) is 0 Å². The van der Waals surface area contributed by atoms with Crippen LogP contribution in [0.15, 0.2) is 12.1 Å². The molecular weight excluding hydrogens is 320 g/mol. The number of carbonyl (C=O) groups excluding carboxylic acids is 2. The Bertz CT molecular complexity index is 951. The molecule has 0 saturated heterocycles. The number of ketones is 2. The average molecular weight is 342 g/mol. The molecule has 0 bridgehead atoms. The Morgan fingerprint density at radius 2 is 1.64 bits per heavy atom. The molecule has 1 aliphatic carbocycles. The van der Waals surface area contributed by atoms with Crippen LogP contribution in [-0.2, 0) is 16.6 Å². The largest absolute Gasteiger partial charge is 0.507 e. The van der Waals surface area contributed by atoms with Crippen molar-refractivity contribution >= 4 is 22.3 Å². The highest BCUT2D eigenvalue weighted by atomic mass is 16.3. The van der Waals surface area contributed by atoms with Crippen LogP contribution in [0.25, 0.3) is 10.8 Å². The summed E-state index contributed by atoms with van der Waals surface area (Å²) in [6.07, 6.45) is 0.569. The van der Waals surface area contributed by atoms with Crippen LogP contribution < -0.4 is 0 Å². The van der Waals surface area contributed by atoms with Crippen LogP contribution in [0.3, 0.4) is 0 Å². The second-order valence-corrected chi connectivity index (χ2v) is 7.48. The van der Waals surface area contributed by atoms with Crippen molar-refractivity contribution in [1.82, 2.24) is 0 Å². The zero-order valence-electron chi connectivity index (χ0n) is 15.0. The van der Waals surface area contributed by atoms with Gasteiger partial charge in [0.25, 0.3) is 0 Å². The van der Waals surface area contributed by atoms with Gasteiger partial charge >= 0.3 is 0 Å². The number of hydrogen-bond acceptors (Lipinski definition) is 5. The molecule has 3 rings (SSSR count). The predicted molar refractivity (Wildman–Crippen MR) is 94.4 cm³/mol. The standard InChI is InChI=1S/C20H22O5/c1-6-11-9(2)7-10-8-12-14(16(22)13(10)15(11)21)17(23)20(5,25)18(24)19(12,3)4/h7-8,21-22,25H,6H2,1-5H3/t20-/m0/s1. The number of phenols is 2. The first-order valence-corrected chi connectivity index (χ1v) is 8.29. The van der Waals surface area contributed by atoms with Crippen molar-refractivity contribution in [1.29, 1.82) is 0 Å². The van der Waals surface area contributed by atoms with Gasteiger partial charge in [-0.25, -0.2) is 0 Å². The fourth-order valence-corrected chi connectivity index (χ4v) is 3.96. The van der Waals surface area contributed by atoms with E-state index in [2.05, 4.69) is 0 Å². The molecule has 0 aromatic heterocycles. The van der Waals surface area contributed by atoms with Crippen molar-refractivity contribution in [3.8, 4) is 11.5 Å². The summed E-state index contributed by atoms with van der Waals surface area (Å²) in [5.41, 5.74) is -1.54. The lowest BCUT2D eigenvalue weighted by Gasteiger charge is -2.38. The van der Waals surface area contributed by atoms with Crippen molar-refractivity contribution < 1.29 is 24.9 Å². The van der Waals surface area contributed by atoms with Gasteiger partial charge in [-0.2, -0.15) is 0 Å². The molecule has 0 heterocycles. The molecule has 25 heavy (non-hydrogen) atoms. The van der Waals surface area contributed by atoms with Crippen LogP contribution in [0.1, 0.15) is 54.7 Å². The molecule has 0 amide bonds. The second-order valence-electron chi connectivity index (χ2n) is 7.48. The summed E-state index contributed by atoms with van der Waals surface area (Å²) < 4.78 is 0. The topological polar surface area (TPSA) is 94.8 Å². The van der Waals surface area contributed by atoms with Crippen LogP contribution in [-0.4, -0.2) is 32.5 Å². The summed E-state index contributed by atoms with van der Waals surface area (Å²) in [7, 11) is 0. The van der Waals surface area contributed by atoms with E-state index in [1.807, 2.05) is 19.9 Å². The van der Waals surface area contributed by atoms with E-state index in [0.29, 0.717) is 22.9 Å². The highest BCUT2D eigenvalue weighted by molar-refractivity contribution is 6.26. The Hall–Kier alpha value is -2.40. The van der Waals surface area contributed by atoms with E-state index in [9.17, 15) is 24.9 Å². The number of fused-ring (bicyclic) bond motifs is 2. The van der Waals surface area contributed by atoms with E-state index in [4.69, 9.17) is 0 Å². The zero-order chi connectivity index (χ0) is 18.9. The van der Waals surface area contributed by atoms with Gasteiger partial charge in [-0.1, -0.05) is 13.0 Å². The molecule has 5 nitrogen and oxygen atoms in total.